The van der Waals surface area contributed by atoms with Crippen molar-refractivity contribution in [2.24, 2.45) is 0 Å². The molecule has 0 amide bonds. The van der Waals surface area contributed by atoms with Gasteiger partial charge in [-0.1, -0.05) is 33.0 Å². The summed E-state index contributed by atoms with van der Waals surface area (Å²) in [4.78, 5) is 10.6. The van der Waals surface area contributed by atoms with Crippen molar-refractivity contribution in [1.29, 1.82) is 0 Å². The Morgan fingerprint density at radius 2 is 1.77 bits per heavy atom. The predicted molar refractivity (Wildman–Crippen MR) is 57.4 cm³/mol. The van der Waals surface area contributed by atoms with E-state index in [9.17, 15) is 0 Å². The van der Waals surface area contributed by atoms with Crippen LogP contribution in [0.4, 0.5) is 0 Å². The highest BCUT2D eigenvalue weighted by molar-refractivity contribution is 6.76. The van der Waals surface area contributed by atoms with Gasteiger partial charge in [-0.05, 0) is 12.5 Å². The fourth-order valence-electron chi connectivity index (χ4n) is 1.82. The molecule has 0 aromatic rings. The molecule has 2 nitrogen and oxygen atoms in total. The third kappa shape index (κ3) is 4.25. The molecule has 0 aromatic carbocycles. The quantitative estimate of drug-likeness (QED) is 0.515. The van der Waals surface area contributed by atoms with Gasteiger partial charge < -0.3 is 0 Å². The number of hydrogen-bond donors (Lipinski definition) is 0. The molecule has 0 bridgehead atoms. The van der Waals surface area contributed by atoms with Crippen molar-refractivity contribution in [3.05, 3.63) is 0 Å². The zero-order chi connectivity index (χ0) is 9.90. The smallest absolute Gasteiger partial charge is 0.0955 e. The minimum Gasteiger partial charge on any atom is -0.233 e. The van der Waals surface area contributed by atoms with E-state index in [0.717, 1.165) is 12.8 Å². The van der Waals surface area contributed by atoms with E-state index in [0.29, 0.717) is 12.2 Å². The molecule has 2 unspecified atom stereocenters. The highest BCUT2D eigenvalue weighted by Gasteiger charge is 2.30. The lowest BCUT2D eigenvalue weighted by Crippen LogP contribution is -2.26. The molecular weight excluding hydrogens is 180 g/mol. The second-order valence-corrected chi connectivity index (χ2v) is 10.8. The molecule has 2 atom stereocenters. The lowest BCUT2D eigenvalue weighted by Gasteiger charge is -2.18. The molecule has 1 fully saturated rings. The van der Waals surface area contributed by atoms with E-state index in [2.05, 4.69) is 26.6 Å². The highest BCUT2D eigenvalue weighted by Crippen LogP contribution is 2.26. The average Bonchev–Trinajstić information content (AvgIpc) is 2.33. The van der Waals surface area contributed by atoms with Gasteiger partial charge in [0.1, 0.15) is 0 Å². The summed E-state index contributed by atoms with van der Waals surface area (Å²) < 4.78 is 0. The molecule has 0 saturated carbocycles. The Balaban J connectivity index is 2.25. The van der Waals surface area contributed by atoms with Crippen molar-refractivity contribution in [3.8, 4) is 0 Å². The fourth-order valence-corrected chi connectivity index (χ4v) is 3.42. The molecule has 13 heavy (non-hydrogen) atoms. The van der Waals surface area contributed by atoms with Gasteiger partial charge in [0.25, 0.3) is 0 Å². The summed E-state index contributed by atoms with van der Waals surface area (Å²) >= 11 is 0. The first kappa shape index (κ1) is 11.2. The van der Waals surface area contributed by atoms with E-state index < -0.39 is 8.07 Å². The molecule has 0 aliphatic carbocycles. The van der Waals surface area contributed by atoms with Crippen LogP contribution in [0.2, 0.25) is 25.7 Å². The molecule has 0 spiro atoms. The first-order valence-corrected chi connectivity index (χ1v) is 9.04. The predicted octanol–water partition coefficient (Wildman–Crippen LogP) is 3.21. The standard InChI is InChI=1S/C10H22O2Si/c1-5-6-9-7-10(12-11-9)8-13(2,3)4/h9-10H,5-8H2,1-4H3. The molecule has 3 heteroatoms. The van der Waals surface area contributed by atoms with Gasteiger partial charge in [0.05, 0.1) is 12.2 Å². The van der Waals surface area contributed by atoms with Gasteiger partial charge in [0.2, 0.25) is 0 Å². The summed E-state index contributed by atoms with van der Waals surface area (Å²) in [6.45, 7) is 9.33. The second-order valence-electron chi connectivity index (χ2n) is 5.23. The van der Waals surface area contributed by atoms with E-state index in [1.165, 1.54) is 12.5 Å². The Bertz CT molecular complexity index is 153. The molecule has 1 aliphatic rings. The van der Waals surface area contributed by atoms with Gasteiger partial charge in [-0.2, -0.15) is 0 Å². The molecule has 0 aromatic heterocycles. The Labute approximate surface area is 82.6 Å². The van der Waals surface area contributed by atoms with Gasteiger partial charge >= 0.3 is 0 Å². The van der Waals surface area contributed by atoms with Crippen LogP contribution in [0.15, 0.2) is 0 Å². The van der Waals surface area contributed by atoms with Crippen molar-refractivity contribution >= 4 is 8.07 Å². The largest absolute Gasteiger partial charge is 0.233 e. The summed E-state index contributed by atoms with van der Waals surface area (Å²) in [6, 6.07) is 1.23. The van der Waals surface area contributed by atoms with Crippen LogP contribution in [0, 0.1) is 0 Å². The van der Waals surface area contributed by atoms with Crippen LogP contribution in [0.25, 0.3) is 0 Å². The first-order valence-electron chi connectivity index (χ1n) is 5.33. The SMILES string of the molecule is CCCC1CC(C[Si](C)(C)C)OO1. The molecule has 78 valence electrons. The number of rotatable bonds is 4. The molecular formula is C10H22O2Si. The van der Waals surface area contributed by atoms with E-state index in [1.54, 1.807) is 0 Å². The van der Waals surface area contributed by atoms with Crippen molar-refractivity contribution in [1.82, 2.24) is 0 Å². The molecule has 1 aliphatic heterocycles. The zero-order valence-electron chi connectivity index (χ0n) is 9.30. The third-order valence-corrected chi connectivity index (χ3v) is 3.98. The van der Waals surface area contributed by atoms with Crippen LogP contribution in [-0.2, 0) is 9.78 Å². The van der Waals surface area contributed by atoms with Crippen molar-refractivity contribution in [3.63, 3.8) is 0 Å². The van der Waals surface area contributed by atoms with Crippen molar-refractivity contribution in [2.75, 3.05) is 0 Å². The van der Waals surface area contributed by atoms with Crippen LogP contribution in [0.3, 0.4) is 0 Å². The maximum absolute atomic E-state index is 5.33. The highest BCUT2D eigenvalue weighted by atomic mass is 28.3. The minimum atomic E-state index is -0.980. The summed E-state index contributed by atoms with van der Waals surface area (Å²) in [5.41, 5.74) is 0. The molecule has 0 N–H and O–H groups in total. The van der Waals surface area contributed by atoms with Gasteiger partial charge in [-0.15, -0.1) is 0 Å². The normalized spacial score (nSPS) is 29.5. The Morgan fingerprint density at radius 1 is 1.15 bits per heavy atom. The van der Waals surface area contributed by atoms with Crippen LogP contribution in [0.5, 0.6) is 0 Å². The van der Waals surface area contributed by atoms with Gasteiger partial charge in [0, 0.05) is 14.5 Å². The third-order valence-electron chi connectivity index (χ3n) is 2.30. The van der Waals surface area contributed by atoms with Crippen LogP contribution in [-0.4, -0.2) is 20.3 Å². The fraction of sp³-hybridized carbons (Fsp3) is 1.00. The topological polar surface area (TPSA) is 18.5 Å². The van der Waals surface area contributed by atoms with E-state index in [1.807, 2.05) is 0 Å². The molecule has 1 saturated heterocycles. The summed E-state index contributed by atoms with van der Waals surface area (Å²) in [6.07, 6.45) is 4.18. The lowest BCUT2D eigenvalue weighted by molar-refractivity contribution is -0.294. The average molecular weight is 202 g/mol. The Kier molecular flexibility index (Phi) is 3.95. The van der Waals surface area contributed by atoms with Crippen LogP contribution in [0.1, 0.15) is 26.2 Å². The maximum atomic E-state index is 5.33. The van der Waals surface area contributed by atoms with E-state index >= 15 is 0 Å². The monoisotopic (exact) mass is 202 g/mol. The summed E-state index contributed by atoms with van der Waals surface area (Å²) in [7, 11) is -0.980. The van der Waals surface area contributed by atoms with Crippen LogP contribution >= 0.6 is 0 Å². The first-order chi connectivity index (χ1) is 6.01. The zero-order valence-corrected chi connectivity index (χ0v) is 10.3. The molecule has 1 heterocycles. The summed E-state index contributed by atoms with van der Waals surface area (Å²) in [5, 5.41) is 0. The van der Waals surface area contributed by atoms with Gasteiger partial charge in [-0.25, -0.2) is 9.78 Å². The number of hydrogen-bond acceptors (Lipinski definition) is 2. The summed E-state index contributed by atoms with van der Waals surface area (Å²) in [5.74, 6) is 0. The lowest BCUT2D eigenvalue weighted by atomic mass is 10.1. The van der Waals surface area contributed by atoms with Crippen molar-refractivity contribution < 1.29 is 9.78 Å². The molecule has 1 rings (SSSR count). The maximum Gasteiger partial charge on any atom is 0.0955 e. The van der Waals surface area contributed by atoms with E-state index in [-0.39, 0.29) is 0 Å². The van der Waals surface area contributed by atoms with Gasteiger partial charge in [-0.3, -0.25) is 0 Å². The Hall–Kier alpha value is 0.137. The van der Waals surface area contributed by atoms with Crippen molar-refractivity contribution in [2.45, 2.75) is 64.1 Å². The molecule has 0 radical (unpaired) electrons. The Morgan fingerprint density at radius 3 is 2.31 bits per heavy atom. The second kappa shape index (κ2) is 4.58. The van der Waals surface area contributed by atoms with Crippen LogP contribution < -0.4 is 0 Å². The van der Waals surface area contributed by atoms with E-state index in [4.69, 9.17) is 9.78 Å². The van der Waals surface area contributed by atoms with Gasteiger partial charge in [0.15, 0.2) is 0 Å². The minimum absolute atomic E-state index is 0.367.